The van der Waals surface area contributed by atoms with Crippen molar-refractivity contribution in [3.63, 3.8) is 0 Å². The molecule has 0 amide bonds. The van der Waals surface area contributed by atoms with Crippen LogP contribution in [0.2, 0.25) is 0 Å². The molecule has 312 valence electrons. The second-order valence-corrected chi connectivity index (χ2v) is 20.1. The minimum Gasteiger partial charge on any atom is -0.353 e. The first-order valence-electron chi connectivity index (χ1n) is 21.5. The Labute approximate surface area is 404 Å². The Bertz CT molecular complexity index is 3480. The number of nitrogens with zero attached hydrogens (tertiary/aromatic N) is 2. The van der Waals surface area contributed by atoms with Crippen molar-refractivity contribution in [2.24, 2.45) is 15.7 Å². The molecule has 6 aromatic carbocycles. The molecule has 66 heavy (non-hydrogen) atoms. The summed E-state index contributed by atoms with van der Waals surface area (Å²) in [6.07, 6.45) is 14.7. The SMILES string of the molecule is N/C(C(=Cc1cccc2c1Nc1ccccc1S2)c1cccc2c1Nc1ccccc1S2)=C(\C1=NC(=Cc2ccc(C=C3C=CC([CH]=[Zn])=N3)[nH]2)C=C1)c1cccc2c1Nc1ccccc1S2. The summed E-state index contributed by atoms with van der Waals surface area (Å²) in [5, 5.41) is 11.4. The van der Waals surface area contributed by atoms with E-state index in [9.17, 15) is 0 Å². The molecule has 0 radical (unpaired) electrons. The van der Waals surface area contributed by atoms with Crippen LogP contribution in [0.25, 0.3) is 29.4 Å². The molecule has 11 heteroatoms. The zero-order valence-electron chi connectivity index (χ0n) is 35.3. The molecule has 0 saturated heterocycles. The number of nitrogens with one attached hydrogen (secondary N) is 4. The zero-order valence-corrected chi connectivity index (χ0v) is 40.7. The maximum atomic E-state index is 7.91. The van der Waals surface area contributed by atoms with Gasteiger partial charge in [-0.15, -0.1) is 0 Å². The van der Waals surface area contributed by atoms with Gasteiger partial charge < -0.3 is 21.7 Å². The maximum absolute atomic E-state index is 7.91. The van der Waals surface area contributed by atoms with Crippen molar-refractivity contribution in [3.05, 3.63) is 209 Å². The average molecular weight is 958 g/mol. The Morgan fingerprint density at radius 1 is 0.500 bits per heavy atom. The van der Waals surface area contributed by atoms with Gasteiger partial charge in [0, 0.05) is 57.3 Å². The third kappa shape index (κ3) is 7.67. The van der Waals surface area contributed by atoms with Crippen LogP contribution in [0.4, 0.5) is 34.1 Å². The van der Waals surface area contributed by atoms with Gasteiger partial charge in [-0.25, -0.2) is 0 Å². The van der Waals surface area contributed by atoms with Gasteiger partial charge in [0.15, 0.2) is 0 Å². The normalized spacial score (nSPS) is 16.7. The van der Waals surface area contributed by atoms with Crippen molar-refractivity contribution in [2.45, 2.75) is 29.4 Å². The molecular weight excluding hydrogens is 920 g/mol. The van der Waals surface area contributed by atoms with Crippen LogP contribution in [0.5, 0.6) is 0 Å². The third-order valence-corrected chi connectivity index (χ3v) is 16.1. The van der Waals surface area contributed by atoms with E-state index in [-0.39, 0.29) is 0 Å². The number of fused-ring (bicyclic) bond motifs is 6. The van der Waals surface area contributed by atoms with E-state index in [1.54, 1.807) is 35.3 Å². The Balaban J connectivity index is 1.05. The molecule has 6 N–H and O–H groups in total. The van der Waals surface area contributed by atoms with Gasteiger partial charge in [0.2, 0.25) is 0 Å². The topological polar surface area (TPSA) is 103 Å². The fourth-order valence-corrected chi connectivity index (χ4v) is 12.2. The first-order chi connectivity index (χ1) is 32.5. The second kappa shape index (κ2) is 17.2. The molecule has 0 spiro atoms. The quantitative estimate of drug-likeness (QED) is 0.0587. The second-order valence-electron chi connectivity index (χ2n) is 16.0. The number of allylic oxidation sites excluding steroid dienone is 6. The number of hydrogen-bond acceptors (Lipinski definition) is 9. The van der Waals surface area contributed by atoms with Crippen LogP contribution < -0.4 is 21.7 Å². The van der Waals surface area contributed by atoms with Crippen LogP contribution in [-0.4, -0.2) is 21.0 Å². The van der Waals surface area contributed by atoms with Gasteiger partial charge in [0.1, 0.15) is 0 Å². The number of aromatic amines is 1. The van der Waals surface area contributed by atoms with Gasteiger partial charge in [0.05, 0.1) is 34.1 Å². The molecule has 1 aromatic heterocycles. The molecule has 12 rings (SSSR count). The summed E-state index contributed by atoms with van der Waals surface area (Å²) in [7, 11) is 0. The number of aromatic nitrogens is 1. The number of H-pyrrole nitrogens is 1. The van der Waals surface area contributed by atoms with E-state index in [4.69, 9.17) is 15.7 Å². The van der Waals surface area contributed by atoms with E-state index < -0.39 is 0 Å². The monoisotopic (exact) mass is 955 g/mol. The first kappa shape index (κ1) is 40.6. The molecule has 6 heterocycles. The Hall–Kier alpha value is -6.88. The van der Waals surface area contributed by atoms with Crippen LogP contribution >= 0.6 is 35.3 Å². The summed E-state index contributed by atoms with van der Waals surface area (Å²) in [5.74, 6) is 0. The molecule has 0 saturated carbocycles. The van der Waals surface area contributed by atoms with Crippen molar-refractivity contribution < 1.29 is 17.9 Å². The van der Waals surface area contributed by atoms with Crippen molar-refractivity contribution in [3.8, 4) is 0 Å². The van der Waals surface area contributed by atoms with E-state index >= 15 is 0 Å². The van der Waals surface area contributed by atoms with E-state index in [0.717, 1.165) is 129 Å². The Morgan fingerprint density at radius 3 is 1.61 bits per heavy atom. The van der Waals surface area contributed by atoms with E-state index in [1.807, 2.05) is 6.08 Å². The van der Waals surface area contributed by atoms with Gasteiger partial charge in [0.25, 0.3) is 0 Å². The molecule has 0 unspecified atom stereocenters. The van der Waals surface area contributed by atoms with Crippen LogP contribution in [0, 0.1) is 0 Å². The van der Waals surface area contributed by atoms with Gasteiger partial charge >= 0.3 is 120 Å². The smallest absolute Gasteiger partial charge is 0.353 e. The van der Waals surface area contributed by atoms with Gasteiger partial charge in [-0.05, 0) is 66.2 Å². The van der Waals surface area contributed by atoms with Crippen LogP contribution in [0.3, 0.4) is 0 Å². The summed E-state index contributed by atoms with van der Waals surface area (Å²) < 4.78 is 2.13. The van der Waals surface area contributed by atoms with Gasteiger partial charge in [-0.3, -0.25) is 0 Å². The average Bonchev–Trinajstić information content (AvgIpc) is 4.13. The number of benzene rings is 6. The Morgan fingerprint density at radius 2 is 1.00 bits per heavy atom. The van der Waals surface area contributed by atoms with Crippen molar-refractivity contribution in [1.82, 2.24) is 4.98 Å². The summed E-state index contributed by atoms with van der Waals surface area (Å²) in [6.45, 7) is 0. The number of rotatable bonds is 8. The number of para-hydroxylation sites is 6. The van der Waals surface area contributed by atoms with Crippen LogP contribution in [0.1, 0.15) is 28.1 Å². The summed E-state index contributed by atoms with van der Waals surface area (Å²) >= 11 is 6.38. The molecule has 7 aromatic rings. The zero-order chi connectivity index (χ0) is 44.1. The molecule has 0 aliphatic carbocycles. The van der Waals surface area contributed by atoms with Crippen LogP contribution in [-0.2, 0) is 17.9 Å². The van der Waals surface area contributed by atoms with Gasteiger partial charge in [-0.2, -0.15) is 0 Å². The third-order valence-electron chi connectivity index (χ3n) is 11.8. The molecule has 7 nitrogen and oxygen atoms in total. The fraction of sp³-hybridized carbons (Fsp3) is 0. The first-order valence-corrected chi connectivity index (χ1v) is 25.7. The number of aliphatic imine (C=N–C) groups is 2. The Kier molecular flexibility index (Phi) is 10.6. The van der Waals surface area contributed by atoms with E-state index in [1.165, 1.54) is 14.7 Å². The van der Waals surface area contributed by atoms with Crippen molar-refractivity contribution >= 4 is 115 Å². The van der Waals surface area contributed by atoms with Crippen molar-refractivity contribution in [2.75, 3.05) is 16.0 Å². The summed E-state index contributed by atoms with van der Waals surface area (Å²) in [5.41, 5.74) is 24.9. The number of hydrogen-bond donors (Lipinski definition) is 5. The standard InChI is InChI=1S/C55H37N7S3.Zn/c1-32-23-24-34(57-32)30-35-25-26-36(58-35)31-37-27-28-44(59-37)51(39-13-10-22-50-55(39)62-43-16-4-7-19-47(43)65-50)52(56)40(38-12-9-21-49-54(38)61-42-15-3-6-18-46(42)64-49)29-33-11-8-20-48-53(33)60-41-14-2-5-17-45(41)63-48;/h1-31,58,60-62H,56H2;/b34-30?,37-31?,40-29?,52-51-;. The molecule has 5 aliphatic rings. The van der Waals surface area contributed by atoms with E-state index in [2.05, 4.69) is 202 Å². The number of anilines is 6. The summed E-state index contributed by atoms with van der Waals surface area (Å²) in [6, 6.07) is 49.0. The molecule has 0 bridgehead atoms. The minimum atomic E-state index is 0.601. The molecule has 0 atom stereocenters. The van der Waals surface area contributed by atoms with Crippen LogP contribution in [0.15, 0.2) is 220 Å². The molecule has 5 aliphatic heterocycles. The van der Waals surface area contributed by atoms with Crippen molar-refractivity contribution in [1.29, 1.82) is 0 Å². The summed E-state index contributed by atoms with van der Waals surface area (Å²) in [4.78, 5) is 20.5. The minimum absolute atomic E-state index is 0.601. The van der Waals surface area contributed by atoms with Gasteiger partial charge in [-0.1, -0.05) is 108 Å². The van der Waals surface area contributed by atoms with E-state index in [0.29, 0.717) is 5.70 Å². The molecule has 0 fully saturated rings. The fourth-order valence-electron chi connectivity index (χ4n) is 8.66. The predicted molar refractivity (Wildman–Crippen MR) is 276 cm³/mol. The predicted octanol–water partition coefficient (Wildman–Crippen LogP) is 14.3. The number of nitrogens with two attached hydrogens (primary N) is 1. The molecular formula is C55H37N7S3Zn.